The number of rotatable bonds is 7. The Bertz CT molecular complexity index is 956. The Morgan fingerprint density at radius 1 is 0.931 bits per heavy atom. The predicted octanol–water partition coefficient (Wildman–Crippen LogP) is 5.24. The lowest BCUT2D eigenvalue weighted by molar-refractivity contribution is 0.171. The molecule has 2 heterocycles. The van der Waals surface area contributed by atoms with Crippen LogP contribution >= 0.6 is 0 Å². The molecule has 0 saturated carbocycles. The van der Waals surface area contributed by atoms with E-state index in [9.17, 15) is 0 Å². The van der Waals surface area contributed by atoms with Crippen molar-refractivity contribution in [2.45, 2.75) is 33.4 Å². The van der Waals surface area contributed by atoms with Crippen LogP contribution in [0.3, 0.4) is 0 Å². The number of benzene rings is 2. The molecule has 4 nitrogen and oxygen atoms in total. The van der Waals surface area contributed by atoms with Crippen LogP contribution in [0.1, 0.15) is 30.0 Å². The van der Waals surface area contributed by atoms with Crippen LogP contribution < -0.4 is 9.47 Å². The zero-order valence-electron chi connectivity index (χ0n) is 17.2. The topological polar surface area (TPSA) is 34.6 Å². The Morgan fingerprint density at radius 3 is 2.55 bits per heavy atom. The monoisotopic (exact) mass is 388 g/mol. The van der Waals surface area contributed by atoms with Crippen LogP contribution in [0.4, 0.5) is 0 Å². The van der Waals surface area contributed by atoms with Gasteiger partial charge in [-0.15, -0.1) is 0 Å². The molecule has 0 saturated heterocycles. The Hall–Kier alpha value is -2.85. The fourth-order valence-electron chi connectivity index (χ4n) is 3.80. The summed E-state index contributed by atoms with van der Waals surface area (Å²) >= 11 is 0. The summed E-state index contributed by atoms with van der Waals surface area (Å²) in [4.78, 5) is 6.73. The molecule has 29 heavy (non-hydrogen) atoms. The molecule has 4 heteroatoms. The standard InChI is InChI=1S/C25H28N2O2/c1-3-11-27(17-20-6-9-24-25(15-20)29-13-12-28-24)18-23-8-7-21(14-19(23)2)22-5-4-10-26-16-22/h4-10,14-16H,3,11-13,17-18H2,1-2H3. The summed E-state index contributed by atoms with van der Waals surface area (Å²) in [5.74, 6) is 1.71. The van der Waals surface area contributed by atoms with E-state index >= 15 is 0 Å². The predicted molar refractivity (Wildman–Crippen MR) is 116 cm³/mol. The van der Waals surface area contributed by atoms with Gasteiger partial charge >= 0.3 is 0 Å². The number of pyridine rings is 1. The molecular weight excluding hydrogens is 360 g/mol. The highest BCUT2D eigenvalue weighted by molar-refractivity contribution is 5.63. The molecule has 0 N–H and O–H groups in total. The molecule has 0 aliphatic carbocycles. The summed E-state index contributed by atoms with van der Waals surface area (Å²) in [5.41, 5.74) is 6.31. The van der Waals surface area contributed by atoms with Crippen LogP contribution in [-0.2, 0) is 13.1 Å². The van der Waals surface area contributed by atoms with Gasteiger partial charge in [-0.2, -0.15) is 0 Å². The summed E-state index contributed by atoms with van der Waals surface area (Å²) in [7, 11) is 0. The number of hydrogen-bond donors (Lipinski definition) is 0. The highest BCUT2D eigenvalue weighted by atomic mass is 16.6. The van der Waals surface area contributed by atoms with E-state index in [1.54, 1.807) is 0 Å². The molecular formula is C25H28N2O2. The van der Waals surface area contributed by atoms with E-state index in [2.05, 4.69) is 60.1 Å². The molecule has 0 unspecified atom stereocenters. The van der Waals surface area contributed by atoms with Gasteiger partial charge in [0, 0.05) is 25.5 Å². The van der Waals surface area contributed by atoms with Gasteiger partial charge in [-0.1, -0.05) is 37.3 Å². The maximum absolute atomic E-state index is 5.75. The van der Waals surface area contributed by atoms with Crippen molar-refractivity contribution in [1.82, 2.24) is 9.88 Å². The molecule has 0 spiro atoms. The van der Waals surface area contributed by atoms with Crippen molar-refractivity contribution < 1.29 is 9.47 Å². The van der Waals surface area contributed by atoms with Gasteiger partial charge in [0.1, 0.15) is 13.2 Å². The minimum atomic E-state index is 0.623. The maximum Gasteiger partial charge on any atom is 0.161 e. The molecule has 1 aromatic heterocycles. The summed E-state index contributed by atoms with van der Waals surface area (Å²) < 4.78 is 11.4. The lowest BCUT2D eigenvalue weighted by Gasteiger charge is -2.24. The third-order valence-corrected chi connectivity index (χ3v) is 5.28. The molecule has 0 bridgehead atoms. The summed E-state index contributed by atoms with van der Waals surface area (Å²) in [6.07, 6.45) is 4.85. The largest absolute Gasteiger partial charge is 0.486 e. The van der Waals surface area contributed by atoms with Crippen molar-refractivity contribution in [3.8, 4) is 22.6 Å². The average Bonchev–Trinajstić information content (AvgIpc) is 2.76. The minimum absolute atomic E-state index is 0.623. The van der Waals surface area contributed by atoms with Gasteiger partial charge in [0.15, 0.2) is 11.5 Å². The number of ether oxygens (including phenoxy) is 2. The second-order valence-electron chi connectivity index (χ2n) is 7.57. The van der Waals surface area contributed by atoms with Crippen molar-refractivity contribution >= 4 is 0 Å². The van der Waals surface area contributed by atoms with Crippen LogP contribution in [0.5, 0.6) is 11.5 Å². The normalized spacial score (nSPS) is 12.9. The molecule has 0 fully saturated rings. The van der Waals surface area contributed by atoms with E-state index in [-0.39, 0.29) is 0 Å². The van der Waals surface area contributed by atoms with Gasteiger partial charge in [-0.25, -0.2) is 0 Å². The van der Waals surface area contributed by atoms with Crippen LogP contribution in [-0.4, -0.2) is 29.6 Å². The zero-order chi connectivity index (χ0) is 20.1. The number of hydrogen-bond acceptors (Lipinski definition) is 4. The van der Waals surface area contributed by atoms with Gasteiger partial charge in [0.05, 0.1) is 0 Å². The second-order valence-corrected chi connectivity index (χ2v) is 7.57. The average molecular weight is 389 g/mol. The molecule has 150 valence electrons. The zero-order valence-corrected chi connectivity index (χ0v) is 17.2. The van der Waals surface area contributed by atoms with Crippen molar-refractivity contribution in [2.24, 2.45) is 0 Å². The number of nitrogens with zero attached hydrogens (tertiary/aromatic N) is 2. The van der Waals surface area contributed by atoms with Gasteiger partial charge in [0.2, 0.25) is 0 Å². The summed E-state index contributed by atoms with van der Waals surface area (Å²) in [6.45, 7) is 8.56. The Morgan fingerprint density at radius 2 is 1.79 bits per heavy atom. The molecule has 0 atom stereocenters. The molecule has 0 radical (unpaired) electrons. The van der Waals surface area contributed by atoms with Crippen molar-refractivity contribution in [1.29, 1.82) is 0 Å². The van der Waals surface area contributed by atoms with E-state index in [1.807, 2.05) is 24.5 Å². The number of fused-ring (bicyclic) bond motifs is 1. The first-order valence-electron chi connectivity index (χ1n) is 10.3. The van der Waals surface area contributed by atoms with Crippen LogP contribution in [0.15, 0.2) is 60.9 Å². The highest BCUT2D eigenvalue weighted by Crippen LogP contribution is 2.31. The summed E-state index contributed by atoms with van der Waals surface area (Å²) in [6, 6.07) is 17.1. The van der Waals surface area contributed by atoms with E-state index in [1.165, 1.54) is 22.3 Å². The quantitative estimate of drug-likeness (QED) is 0.554. The van der Waals surface area contributed by atoms with Crippen LogP contribution in [0.25, 0.3) is 11.1 Å². The third-order valence-electron chi connectivity index (χ3n) is 5.28. The fourth-order valence-corrected chi connectivity index (χ4v) is 3.80. The lowest BCUT2D eigenvalue weighted by Crippen LogP contribution is -2.24. The first-order valence-corrected chi connectivity index (χ1v) is 10.3. The van der Waals surface area contributed by atoms with Crippen molar-refractivity contribution in [2.75, 3.05) is 19.8 Å². The fraction of sp³-hybridized carbons (Fsp3) is 0.320. The maximum atomic E-state index is 5.75. The number of aryl methyl sites for hydroxylation is 1. The van der Waals surface area contributed by atoms with E-state index in [0.29, 0.717) is 13.2 Å². The Labute approximate surface area is 173 Å². The van der Waals surface area contributed by atoms with Crippen molar-refractivity contribution in [3.63, 3.8) is 0 Å². The van der Waals surface area contributed by atoms with E-state index in [0.717, 1.165) is 43.1 Å². The van der Waals surface area contributed by atoms with Crippen molar-refractivity contribution in [3.05, 3.63) is 77.6 Å². The molecule has 1 aliphatic rings. The number of aromatic nitrogens is 1. The molecule has 1 aliphatic heterocycles. The van der Waals surface area contributed by atoms with E-state index in [4.69, 9.17) is 9.47 Å². The van der Waals surface area contributed by atoms with Crippen LogP contribution in [0, 0.1) is 6.92 Å². The highest BCUT2D eigenvalue weighted by Gasteiger charge is 2.14. The first-order chi connectivity index (χ1) is 14.2. The molecule has 3 aromatic rings. The third kappa shape index (κ3) is 4.77. The van der Waals surface area contributed by atoms with E-state index < -0.39 is 0 Å². The first kappa shape index (κ1) is 19.5. The Kier molecular flexibility index (Phi) is 6.11. The lowest BCUT2D eigenvalue weighted by atomic mass is 10.0. The molecule has 2 aromatic carbocycles. The van der Waals surface area contributed by atoms with Gasteiger partial charge in [-0.05, 0) is 65.9 Å². The van der Waals surface area contributed by atoms with Gasteiger partial charge in [0.25, 0.3) is 0 Å². The second kappa shape index (κ2) is 9.10. The molecule has 4 rings (SSSR count). The SMILES string of the molecule is CCCN(Cc1ccc2c(c1)OCCO2)Cc1ccc(-c2cccnc2)cc1C. The minimum Gasteiger partial charge on any atom is -0.486 e. The van der Waals surface area contributed by atoms with Gasteiger partial charge < -0.3 is 9.47 Å². The van der Waals surface area contributed by atoms with Crippen LogP contribution in [0.2, 0.25) is 0 Å². The smallest absolute Gasteiger partial charge is 0.161 e. The van der Waals surface area contributed by atoms with Gasteiger partial charge in [-0.3, -0.25) is 9.88 Å². The molecule has 0 amide bonds. The Balaban J connectivity index is 1.49. The summed E-state index contributed by atoms with van der Waals surface area (Å²) in [5, 5.41) is 0.